The highest BCUT2D eigenvalue weighted by molar-refractivity contribution is 5.91. The maximum absolute atomic E-state index is 11.6. The molecule has 0 aliphatic heterocycles. The monoisotopic (exact) mass is 280 g/mol. The minimum atomic E-state index is -0.818. The van der Waals surface area contributed by atoms with Gasteiger partial charge in [-0.15, -0.1) is 0 Å². The number of nitrogens with zero attached hydrogens (tertiary/aromatic N) is 1. The van der Waals surface area contributed by atoms with Gasteiger partial charge in [0.25, 0.3) is 0 Å². The maximum Gasteiger partial charge on any atom is 0.347 e. The summed E-state index contributed by atoms with van der Waals surface area (Å²) in [5.74, 6) is -2.12. The summed E-state index contributed by atoms with van der Waals surface area (Å²) in [7, 11) is 2.94. The van der Waals surface area contributed by atoms with E-state index in [9.17, 15) is 14.4 Å². The molecule has 0 bridgehead atoms. The van der Waals surface area contributed by atoms with E-state index in [1.807, 2.05) is 0 Å². The summed E-state index contributed by atoms with van der Waals surface area (Å²) >= 11 is 0. The predicted molar refractivity (Wildman–Crippen MR) is 65.1 cm³/mol. The summed E-state index contributed by atoms with van der Waals surface area (Å²) in [4.78, 5) is 33.4. The van der Waals surface area contributed by atoms with Gasteiger partial charge in [-0.05, 0) is 6.07 Å². The highest BCUT2D eigenvalue weighted by Crippen LogP contribution is 1.98. The molecular weight excluding hydrogens is 266 g/mol. The number of hydrogen-bond donors (Lipinski definition) is 0. The molecule has 1 rings (SSSR count). The van der Waals surface area contributed by atoms with E-state index in [1.165, 1.54) is 7.11 Å². The Labute approximate surface area is 115 Å². The summed E-state index contributed by atoms with van der Waals surface area (Å²) in [5, 5.41) is 0. The molecule has 1 aromatic rings. The lowest BCUT2D eigenvalue weighted by Gasteiger charge is -2.03. The van der Waals surface area contributed by atoms with Gasteiger partial charge in [0.15, 0.2) is 12.4 Å². The van der Waals surface area contributed by atoms with Crippen LogP contribution >= 0.6 is 0 Å². The van der Waals surface area contributed by atoms with E-state index in [-0.39, 0.29) is 0 Å². The SMILES string of the molecule is COC(=O)/C=C/C(=O)OCOC(=O)c1ccc[n+](C)c1. The third kappa shape index (κ3) is 5.30. The molecule has 0 saturated heterocycles. The topological polar surface area (TPSA) is 82.8 Å². The van der Waals surface area contributed by atoms with Crippen LogP contribution in [-0.4, -0.2) is 31.8 Å². The zero-order valence-corrected chi connectivity index (χ0v) is 11.1. The van der Waals surface area contributed by atoms with E-state index in [0.717, 1.165) is 12.2 Å². The predicted octanol–water partition coefficient (Wildman–Crippen LogP) is -0.102. The number of ether oxygens (including phenoxy) is 3. The molecule has 0 amide bonds. The molecule has 0 aromatic carbocycles. The molecule has 0 atom stereocenters. The van der Waals surface area contributed by atoms with E-state index in [2.05, 4.69) is 9.47 Å². The van der Waals surface area contributed by atoms with Crippen molar-refractivity contribution in [3.05, 3.63) is 42.2 Å². The van der Waals surface area contributed by atoms with E-state index in [0.29, 0.717) is 5.56 Å². The lowest BCUT2D eigenvalue weighted by molar-refractivity contribution is -0.671. The van der Waals surface area contributed by atoms with Gasteiger partial charge in [-0.2, -0.15) is 0 Å². The molecule has 0 N–H and O–H groups in total. The van der Waals surface area contributed by atoms with Crippen molar-refractivity contribution in [1.82, 2.24) is 0 Å². The lowest BCUT2D eigenvalue weighted by Crippen LogP contribution is -2.28. The fourth-order valence-corrected chi connectivity index (χ4v) is 1.19. The lowest BCUT2D eigenvalue weighted by atomic mass is 10.3. The van der Waals surface area contributed by atoms with Crippen LogP contribution in [0.2, 0.25) is 0 Å². The van der Waals surface area contributed by atoms with Crippen molar-refractivity contribution < 1.29 is 33.2 Å². The average Bonchev–Trinajstić information content (AvgIpc) is 2.44. The van der Waals surface area contributed by atoms with E-state index in [4.69, 9.17) is 4.74 Å². The van der Waals surface area contributed by atoms with Crippen LogP contribution in [0.5, 0.6) is 0 Å². The third-order valence-corrected chi connectivity index (χ3v) is 2.12. The fourth-order valence-electron chi connectivity index (χ4n) is 1.19. The number of pyridine rings is 1. The quantitative estimate of drug-likeness (QED) is 0.324. The first-order valence-corrected chi connectivity index (χ1v) is 5.58. The van der Waals surface area contributed by atoms with Gasteiger partial charge in [0.2, 0.25) is 6.79 Å². The summed E-state index contributed by atoms with van der Waals surface area (Å²) in [6, 6.07) is 3.25. The number of carbonyl (C=O) groups excluding carboxylic acids is 3. The second kappa shape index (κ2) is 7.67. The molecule has 0 saturated carbocycles. The van der Waals surface area contributed by atoms with Crippen LogP contribution < -0.4 is 4.57 Å². The Kier molecular flexibility index (Phi) is 5.89. The van der Waals surface area contributed by atoms with Gasteiger partial charge in [-0.3, -0.25) is 0 Å². The van der Waals surface area contributed by atoms with Crippen molar-refractivity contribution in [2.24, 2.45) is 7.05 Å². The van der Waals surface area contributed by atoms with Gasteiger partial charge < -0.3 is 14.2 Å². The normalized spacial score (nSPS) is 10.1. The molecule has 0 aliphatic carbocycles. The highest BCUT2D eigenvalue weighted by Gasteiger charge is 2.11. The molecule has 7 heteroatoms. The second-order valence-electron chi connectivity index (χ2n) is 3.63. The molecular formula is C13H14NO6+. The number of aryl methyl sites for hydroxylation is 1. The summed E-state index contributed by atoms with van der Waals surface area (Å²) < 4.78 is 15.3. The first-order valence-electron chi connectivity index (χ1n) is 5.58. The molecule has 0 unspecified atom stereocenters. The Morgan fingerprint density at radius 2 is 1.90 bits per heavy atom. The molecule has 0 fully saturated rings. The molecule has 1 heterocycles. The molecule has 0 aliphatic rings. The fraction of sp³-hybridized carbons (Fsp3) is 0.231. The van der Waals surface area contributed by atoms with Crippen molar-refractivity contribution in [3.63, 3.8) is 0 Å². The smallest absolute Gasteiger partial charge is 0.347 e. The summed E-state index contributed by atoms with van der Waals surface area (Å²) in [5.41, 5.74) is 0.330. The van der Waals surface area contributed by atoms with Crippen LogP contribution in [0.15, 0.2) is 36.7 Å². The van der Waals surface area contributed by atoms with Crippen LogP contribution in [0.25, 0.3) is 0 Å². The first-order chi connectivity index (χ1) is 9.52. The van der Waals surface area contributed by atoms with Gasteiger partial charge in [0, 0.05) is 18.2 Å². The maximum atomic E-state index is 11.6. The number of esters is 3. The van der Waals surface area contributed by atoms with Gasteiger partial charge >= 0.3 is 17.9 Å². The number of hydrogen-bond acceptors (Lipinski definition) is 6. The molecule has 106 valence electrons. The third-order valence-electron chi connectivity index (χ3n) is 2.12. The van der Waals surface area contributed by atoms with Gasteiger partial charge in [0.1, 0.15) is 12.6 Å². The van der Waals surface area contributed by atoms with Crippen molar-refractivity contribution >= 4 is 17.9 Å². The Balaban J connectivity index is 2.37. The van der Waals surface area contributed by atoms with Gasteiger partial charge in [0.05, 0.1) is 7.11 Å². The molecule has 1 aromatic heterocycles. The molecule has 20 heavy (non-hydrogen) atoms. The number of carbonyl (C=O) groups is 3. The minimum Gasteiger partial charge on any atom is -0.466 e. The van der Waals surface area contributed by atoms with Crippen LogP contribution in [0, 0.1) is 0 Å². The van der Waals surface area contributed by atoms with Crippen LogP contribution in [0.4, 0.5) is 0 Å². The Bertz CT molecular complexity index is 537. The van der Waals surface area contributed by atoms with Gasteiger partial charge in [-0.25, -0.2) is 19.0 Å². The largest absolute Gasteiger partial charge is 0.466 e. The van der Waals surface area contributed by atoms with E-state index >= 15 is 0 Å². The Morgan fingerprint density at radius 3 is 2.55 bits per heavy atom. The van der Waals surface area contributed by atoms with Crippen molar-refractivity contribution in [3.8, 4) is 0 Å². The van der Waals surface area contributed by atoms with Crippen molar-refractivity contribution in [2.75, 3.05) is 13.9 Å². The number of methoxy groups -OCH3 is 1. The zero-order valence-electron chi connectivity index (χ0n) is 11.1. The van der Waals surface area contributed by atoms with E-state index < -0.39 is 24.7 Å². The van der Waals surface area contributed by atoms with Crippen molar-refractivity contribution in [1.29, 1.82) is 0 Å². The summed E-state index contributed by atoms with van der Waals surface area (Å²) in [6.07, 6.45) is 5.11. The Hall–Kier alpha value is -2.70. The second-order valence-corrected chi connectivity index (χ2v) is 3.63. The summed E-state index contributed by atoms with van der Waals surface area (Å²) in [6.45, 7) is -0.540. The van der Waals surface area contributed by atoms with Gasteiger partial charge in [-0.1, -0.05) is 0 Å². The number of aromatic nitrogens is 1. The Morgan fingerprint density at radius 1 is 1.20 bits per heavy atom. The zero-order chi connectivity index (χ0) is 15.0. The highest BCUT2D eigenvalue weighted by atomic mass is 16.7. The van der Waals surface area contributed by atoms with E-state index in [1.54, 1.807) is 36.1 Å². The molecule has 0 radical (unpaired) electrons. The average molecular weight is 280 g/mol. The van der Waals surface area contributed by atoms with Crippen LogP contribution in [-0.2, 0) is 30.8 Å². The standard InChI is InChI=1S/C13H14NO6/c1-14-7-3-4-10(8-14)13(17)20-9-19-12(16)6-5-11(15)18-2/h3-8H,9H2,1-2H3/q+1/b6-5+. The van der Waals surface area contributed by atoms with Crippen LogP contribution in [0.3, 0.4) is 0 Å². The first kappa shape index (κ1) is 15.4. The van der Waals surface area contributed by atoms with Crippen LogP contribution in [0.1, 0.15) is 10.4 Å². The molecule has 0 spiro atoms. The number of rotatable bonds is 5. The molecule has 7 nitrogen and oxygen atoms in total. The van der Waals surface area contributed by atoms with Crippen molar-refractivity contribution in [2.45, 2.75) is 0 Å². The minimum absolute atomic E-state index is 0.330.